The zero-order chi connectivity index (χ0) is 26.4. The molecule has 4 aromatic rings. The predicted octanol–water partition coefficient (Wildman–Crippen LogP) is 6.05. The topological polar surface area (TPSA) is 79.3 Å². The van der Waals surface area contributed by atoms with Crippen molar-refractivity contribution in [3.05, 3.63) is 96.6 Å². The highest BCUT2D eigenvalue weighted by atomic mass is 19.4. The number of alkyl halides is 3. The van der Waals surface area contributed by atoms with Crippen molar-refractivity contribution in [2.24, 2.45) is 0 Å². The minimum atomic E-state index is -4.54. The average Bonchev–Trinajstić information content (AvgIpc) is 3.31. The zero-order valence-corrected chi connectivity index (χ0v) is 19.9. The van der Waals surface area contributed by atoms with Crippen molar-refractivity contribution in [1.82, 2.24) is 14.7 Å². The van der Waals surface area contributed by atoms with Crippen LogP contribution in [0, 0.1) is 0 Å². The second-order valence-electron chi connectivity index (χ2n) is 8.10. The summed E-state index contributed by atoms with van der Waals surface area (Å²) < 4.78 is 40.6. The first-order valence-electron chi connectivity index (χ1n) is 11.5. The summed E-state index contributed by atoms with van der Waals surface area (Å²) in [6.07, 6.45) is -4.54. The number of carbonyl (C=O) groups is 2. The van der Waals surface area contributed by atoms with E-state index in [-0.39, 0.29) is 18.8 Å². The lowest BCUT2D eigenvalue weighted by atomic mass is 10.1. The SMILES string of the molecule is CCN(CC(=O)Nc1cc(-c2ccccc2)nn1-c1ccccc1)C(=O)Nc1cccc(C(F)(F)F)c1. The highest BCUT2D eigenvalue weighted by molar-refractivity contribution is 5.97. The average molecular weight is 508 g/mol. The Morgan fingerprint density at radius 1 is 0.892 bits per heavy atom. The van der Waals surface area contributed by atoms with Crippen LogP contribution in [0.4, 0.5) is 29.5 Å². The molecule has 0 saturated carbocycles. The van der Waals surface area contributed by atoms with E-state index in [1.165, 1.54) is 17.0 Å². The Morgan fingerprint density at radius 3 is 2.22 bits per heavy atom. The minimum absolute atomic E-state index is 0.0201. The summed E-state index contributed by atoms with van der Waals surface area (Å²) in [5.41, 5.74) is 1.34. The van der Waals surface area contributed by atoms with E-state index in [1.807, 2.05) is 60.7 Å². The van der Waals surface area contributed by atoms with Gasteiger partial charge in [0.2, 0.25) is 5.91 Å². The summed E-state index contributed by atoms with van der Waals surface area (Å²) in [7, 11) is 0. The second-order valence-corrected chi connectivity index (χ2v) is 8.10. The predicted molar refractivity (Wildman–Crippen MR) is 135 cm³/mol. The molecule has 0 radical (unpaired) electrons. The number of halogens is 3. The molecule has 37 heavy (non-hydrogen) atoms. The van der Waals surface area contributed by atoms with Crippen LogP contribution in [0.5, 0.6) is 0 Å². The highest BCUT2D eigenvalue weighted by Crippen LogP contribution is 2.30. The molecule has 1 heterocycles. The Kier molecular flexibility index (Phi) is 7.57. The van der Waals surface area contributed by atoms with Crippen LogP contribution in [0.15, 0.2) is 91.0 Å². The van der Waals surface area contributed by atoms with E-state index in [1.54, 1.807) is 17.7 Å². The Morgan fingerprint density at radius 2 is 1.57 bits per heavy atom. The molecule has 0 aliphatic heterocycles. The number of likely N-dealkylation sites (N-methyl/N-ethyl adjacent to an activating group) is 1. The maximum absolute atomic E-state index is 13.0. The lowest BCUT2D eigenvalue weighted by Gasteiger charge is -2.21. The largest absolute Gasteiger partial charge is 0.416 e. The number of benzene rings is 3. The van der Waals surface area contributed by atoms with E-state index < -0.39 is 23.7 Å². The molecular formula is C27H24F3N5O2. The Labute approximate surface area is 211 Å². The molecule has 7 nitrogen and oxygen atoms in total. The number of aromatic nitrogens is 2. The second kappa shape index (κ2) is 11.0. The third-order valence-corrected chi connectivity index (χ3v) is 5.49. The van der Waals surface area contributed by atoms with Crippen LogP contribution >= 0.6 is 0 Å². The number of urea groups is 1. The number of hydrogen-bond donors (Lipinski definition) is 2. The number of amides is 3. The van der Waals surface area contributed by atoms with Crippen LogP contribution in [0.25, 0.3) is 16.9 Å². The molecule has 0 atom stereocenters. The molecule has 0 spiro atoms. The van der Waals surface area contributed by atoms with Crippen molar-refractivity contribution in [3.63, 3.8) is 0 Å². The number of carbonyl (C=O) groups excluding carboxylic acids is 2. The molecule has 0 unspecified atom stereocenters. The summed E-state index contributed by atoms with van der Waals surface area (Å²) in [5.74, 6) is -0.0814. The maximum Gasteiger partial charge on any atom is 0.416 e. The number of para-hydroxylation sites is 1. The fourth-order valence-electron chi connectivity index (χ4n) is 3.64. The van der Waals surface area contributed by atoms with Gasteiger partial charge in [-0.15, -0.1) is 0 Å². The number of nitrogens with one attached hydrogen (secondary N) is 2. The van der Waals surface area contributed by atoms with Gasteiger partial charge in [0.05, 0.1) is 16.9 Å². The highest BCUT2D eigenvalue weighted by Gasteiger charge is 2.30. The molecule has 3 aromatic carbocycles. The first kappa shape index (κ1) is 25.5. The Hall–Kier alpha value is -4.60. The van der Waals surface area contributed by atoms with Crippen LogP contribution in [-0.4, -0.2) is 39.7 Å². The van der Waals surface area contributed by atoms with Crippen molar-refractivity contribution in [2.75, 3.05) is 23.7 Å². The van der Waals surface area contributed by atoms with Gasteiger partial charge in [0, 0.05) is 23.9 Å². The standard InChI is InChI=1S/C27H24F3N5O2/c1-2-34(26(37)31-21-13-9-12-20(16-21)27(28,29)30)18-25(36)32-24-17-23(19-10-5-3-6-11-19)33-35(24)22-14-7-4-8-15-22/h3-17H,2,18H2,1H3,(H,31,37)(H,32,36). The molecule has 4 rings (SSSR count). The molecule has 0 aliphatic carbocycles. The molecule has 0 bridgehead atoms. The number of hydrogen-bond acceptors (Lipinski definition) is 3. The molecule has 0 fully saturated rings. The summed E-state index contributed by atoms with van der Waals surface area (Å²) >= 11 is 0. The molecule has 3 amide bonds. The van der Waals surface area contributed by atoms with Crippen LogP contribution in [0.3, 0.4) is 0 Å². The van der Waals surface area contributed by atoms with Crippen LogP contribution in [-0.2, 0) is 11.0 Å². The molecular weight excluding hydrogens is 483 g/mol. The zero-order valence-electron chi connectivity index (χ0n) is 19.9. The lowest BCUT2D eigenvalue weighted by molar-refractivity contribution is -0.137. The first-order valence-corrected chi connectivity index (χ1v) is 11.5. The fourth-order valence-corrected chi connectivity index (χ4v) is 3.64. The van der Waals surface area contributed by atoms with Crippen LogP contribution in [0.1, 0.15) is 12.5 Å². The molecule has 0 aliphatic rings. The van der Waals surface area contributed by atoms with Gasteiger partial charge in [-0.3, -0.25) is 4.79 Å². The quantitative estimate of drug-likeness (QED) is 0.320. The minimum Gasteiger partial charge on any atom is -0.315 e. The third kappa shape index (κ3) is 6.35. The van der Waals surface area contributed by atoms with E-state index in [9.17, 15) is 22.8 Å². The van der Waals surface area contributed by atoms with Crippen molar-refractivity contribution in [2.45, 2.75) is 13.1 Å². The Bertz CT molecular complexity index is 1370. The van der Waals surface area contributed by atoms with Gasteiger partial charge in [0.25, 0.3) is 0 Å². The lowest BCUT2D eigenvalue weighted by Crippen LogP contribution is -2.40. The van der Waals surface area contributed by atoms with E-state index in [2.05, 4.69) is 15.7 Å². The van der Waals surface area contributed by atoms with Gasteiger partial charge in [-0.1, -0.05) is 54.6 Å². The van der Waals surface area contributed by atoms with E-state index in [0.717, 1.165) is 23.4 Å². The number of anilines is 2. The van der Waals surface area contributed by atoms with Gasteiger partial charge in [-0.05, 0) is 37.3 Å². The van der Waals surface area contributed by atoms with Crippen LogP contribution < -0.4 is 10.6 Å². The first-order chi connectivity index (χ1) is 17.7. The van der Waals surface area contributed by atoms with Gasteiger partial charge < -0.3 is 15.5 Å². The number of nitrogens with zero attached hydrogens (tertiary/aromatic N) is 3. The molecule has 190 valence electrons. The van der Waals surface area contributed by atoms with E-state index in [4.69, 9.17) is 0 Å². The third-order valence-electron chi connectivity index (χ3n) is 5.49. The maximum atomic E-state index is 13.0. The van der Waals surface area contributed by atoms with Gasteiger partial charge in [-0.25, -0.2) is 9.48 Å². The molecule has 10 heteroatoms. The van der Waals surface area contributed by atoms with Crippen LogP contribution in [0.2, 0.25) is 0 Å². The normalized spacial score (nSPS) is 11.1. The van der Waals surface area contributed by atoms with Crippen molar-refractivity contribution < 1.29 is 22.8 Å². The Balaban J connectivity index is 1.50. The monoisotopic (exact) mass is 507 g/mol. The summed E-state index contributed by atoms with van der Waals surface area (Å²) in [4.78, 5) is 26.8. The van der Waals surface area contributed by atoms with E-state index >= 15 is 0 Å². The van der Waals surface area contributed by atoms with Crippen molar-refractivity contribution in [3.8, 4) is 16.9 Å². The van der Waals surface area contributed by atoms with Gasteiger partial charge in [0.15, 0.2) is 0 Å². The number of rotatable bonds is 7. The summed E-state index contributed by atoms with van der Waals surface area (Å²) in [5, 5.41) is 9.87. The van der Waals surface area contributed by atoms with Crippen molar-refractivity contribution >= 4 is 23.4 Å². The summed E-state index contributed by atoms with van der Waals surface area (Å²) in [6, 6.07) is 24.1. The fraction of sp³-hybridized carbons (Fsp3) is 0.148. The molecule has 0 saturated heterocycles. The van der Waals surface area contributed by atoms with Gasteiger partial charge in [-0.2, -0.15) is 18.3 Å². The van der Waals surface area contributed by atoms with Gasteiger partial charge >= 0.3 is 12.2 Å². The smallest absolute Gasteiger partial charge is 0.315 e. The molecule has 2 N–H and O–H groups in total. The summed E-state index contributed by atoms with van der Waals surface area (Å²) in [6.45, 7) is 1.51. The van der Waals surface area contributed by atoms with E-state index in [0.29, 0.717) is 11.5 Å². The van der Waals surface area contributed by atoms with Crippen molar-refractivity contribution in [1.29, 1.82) is 0 Å². The van der Waals surface area contributed by atoms with Gasteiger partial charge in [0.1, 0.15) is 12.4 Å². The molecule has 1 aromatic heterocycles.